The van der Waals surface area contributed by atoms with Gasteiger partial charge in [-0.2, -0.15) is 0 Å². The highest BCUT2D eigenvalue weighted by Gasteiger charge is 2.13. The molecule has 0 saturated heterocycles. The first-order valence-electron chi connectivity index (χ1n) is 6.71. The molecule has 0 heterocycles. The van der Waals surface area contributed by atoms with Crippen LogP contribution < -0.4 is 10.5 Å². The lowest BCUT2D eigenvalue weighted by Gasteiger charge is -2.16. The maximum atomic E-state index is 6.36. The summed E-state index contributed by atoms with van der Waals surface area (Å²) in [6.07, 6.45) is 0. The molecule has 2 aromatic carbocycles. The summed E-state index contributed by atoms with van der Waals surface area (Å²) < 4.78 is 6.18. The number of hydrogen-bond acceptors (Lipinski definition) is 2. The van der Waals surface area contributed by atoms with Crippen molar-refractivity contribution in [1.29, 1.82) is 0 Å². The summed E-state index contributed by atoms with van der Waals surface area (Å²) in [4.78, 5) is 0. The van der Waals surface area contributed by atoms with Crippen molar-refractivity contribution in [2.45, 2.75) is 25.8 Å². The van der Waals surface area contributed by atoms with Gasteiger partial charge in [-0.25, -0.2) is 0 Å². The number of rotatable bonds is 4. The molecule has 1 atom stereocenters. The Morgan fingerprint density at radius 1 is 1.00 bits per heavy atom. The lowest BCUT2D eigenvalue weighted by molar-refractivity contribution is 0.414. The molecule has 0 radical (unpaired) electrons. The van der Waals surface area contributed by atoms with Crippen LogP contribution in [0.3, 0.4) is 0 Å². The second-order valence-electron chi connectivity index (χ2n) is 5.19. The highest BCUT2D eigenvalue weighted by Crippen LogP contribution is 2.30. The average Bonchev–Trinajstić information content (AvgIpc) is 2.46. The van der Waals surface area contributed by atoms with Crippen LogP contribution in [0.2, 0.25) is 0 Å². The number of nitrogens with two attached hydrogens (primary N) is 1. The van der Waals surface area contributed by atoms with Crippen LogP contribution in [0.1, 0.15) is 42.5 Å². The number of halogens is 1. The Labute approximate surface area is 129 Å². The standard InChI is InChI=1S/C17H20BrNO/c1-11(2)12-4-6-13(7-5-12)17(19)15-9-8-14(20-3)10-16(15)18/h4-11,17H,19H2,1-3H3. The summed E-state index contributed by atoms with van der Waals surface area (Å²) in [6, 6.07) is 14.3. The van der Waals surface area contributed by atoms with E-state index in [1.165, 1.54) is 5.56 Å². The van der Waals surface area contributed by atoms with E-state index in [0.29, 0.717) is 5.92 Å². The largest absolute Gasteiger partial charge is 0.497 e. The van der Waals surface area contributed by atoms with E-state index in [2.05, 4.69) is 54.0 Å². The molecule has 0 amide bonds. The van der Waals surface area contributed by atoms with Crippen LogP contribution in [0.25, 0.3) is 0 Å². The van der Waals surface area contributed by atoms with Gasteiger partial charge in [0, 0.05) is 4.47 Å². The highest BCUT2D eigenvalue weighted by atomic mass is 79.9. The first kappa shape index (κ1) is 15.1. The molecule has 20 heavy (non-hydrogen) atoms. The van der Waals surface area contributed by atoms with Gasteiger partial charge < -0.3 is 10.5 Å². The fourth-order valence-corrected chi connectivity index (χ4v) is 2.76. The van der Waals surface area contributed by atoms with Crippen molar-refractivity contribution in [3.63, 3.8) is 0 Å². The summed E-state index contributed by atoms with van der Waals surface area (Å²) in [5, 5.41) is 0. The Balaban J connectivity index is 2.28. The molecule has 0 aromatic heterocycles. The summed E-state index contributed by atoms with van der Waals surface area (Å²) in [5.41, 5.74) is 9.86. The summed E-state index contributed by atoms with van der Waals surface area (Å²) in [6.45, 7) is 4.38. The molecule has 2 aromatic rings. The molecule has 1 unspecified atom stereocenters. The molecule has 3 heteroatoms. The lowest BCUT2D eigenvalue weighted by Crippen LogP contribution is -2.12. The van der Waals surface area contributed by atoms with Crippen molar-refractivity contribution in [3.05, 3.63) is 63.6 Å². The minimum atomic E-state index is -0.142. The van der Waals surface area contributed by atoms with E-state index in [0.717, 1.165) is 21.3 Å². The first-order chi connectivity index (χ1) is 9.52. The topological polar surface area (TPSA) is 35.2 Å². The summed E-state index contributed by atoms with van der Waals surface area (Å²) >= 11 is 3.56. The van der Waals surface area contributed by atoms with Crippen molar-refractivity contribution in [3.8, 4) is 5.75 Å². The zero-order valence-electron chi connectivity index (χ0n) is 12.1. The molecule has 2 rings (SSSR count). The molecule has 0 fully saturated rings. The zero-order chi connectivity index (χ0) is 14.7. The van der Waals surface area contributed by atoms with Crippen molar-refractivity contribution < 1.29 is 4.74 Å². The van der Waals surface area contributed by atoms with Crippen molar-refractivity contribution in [1.82, 2.24) is 0 Å². The van der Waals surface area contributed by atoms with Crippen LogP contribution >= 0.6 is 15.9 Å². The molecule has 2 nitrogen and oxygen atoms in total. The number of methoxy groups -OCH3 is 1. The zero-order valence-corrected chi connectivity index (χ0v) is 13.6. The molecule has 0 aliphatic carbocycles. The smallest absolute Gasteiger partial charge is 0.120 e. The number of hydrogen-bond donors (Lipinski definition) is 1. The third kappa shape index (κ3) is 3.22. The van der Waals surface area contributed by atoms with E-state index in [1.807, 2.05) is 18.2 Å². The molecule has 0 bridgehead atoms. The first-order valence-corrected chi connectivity index (χ1v) is 7.51. The van der Waals surface area contributed by atoms with Gasteiger partial charge in [0.25, 0.3) is 0 Å². The van der Waals surface area contributed by atoms with Gasteiger partial charge in [0.15, 0.2) is 0 Å². The fraction of sp³-hybridized carbons (Fsp3) is 0.294. The van der Waals surface area contributed by atoms with Gasteiger partial charge in [-0.05, 0) is 34.7 Å². The normalized spacial score (nSPS) is 12.5. The van der Waals surface area contributed by atoms with Crippen molar-refractivity contribution in [2.24, 2.45) is 5.73 Å². The van der Waals surface area contributed by atoms with Gasteiger partial charge in [-0.1, -0.05) is 60.1 Å². The molecule has 0 saturated carbocycles. The Kier molecular flexibility index (Phi) is 4.84. The van der Waals surface area contributed by atoms with Gasteiger partial charge in [0.2, 0.25) is 0 Å². The monoisotopic (exact) mass is 333 g/mol. The van der Waals surface area contributed by atoms with E-state index >= 15 is 0 Å². The molecular weight excluding hydrogens is 314 g/mol. The Bertz CT molecular complexity index is 578. The third-order valence-corrected chi connectivity index (χ3v) is 4.19. The van der Waals surface area contributed by atoms with Crippen molar-refractivity contribution in [2.75, 3.05) is 7.11 Å². The number of ether oxygens (including phenoxy) is 1. The van der Waals surface area contributed by atoms with Crippen LogP contribution in [0, 0.1) is 0 Å². The minimum Gasteiger partial charge on any atom is -0.497 e. The molecule has 0 spiro atoms. The Morgan fingerprint density at radius 3 is 2.10 bits per heavy atom. The predicted octanol–water partition coefficient (Wildman–Crippen LogP) is 4.63. The third-order valence-electron chi connectivity index (χ3n) is 3.50. The van der Waals surface area contributed by atoms with E-state index in [9.17, 15) is 0 Å². The average molecular weight is 334 g/mol. The molecule has 0 aliphatic rings. The Hall–Kier alpha value is -1.32. The molecular formula is C17H20BrNO. The van der Waals surface area contributed by atoms with E-state index < -0.39 is 0 Å². The second-order valence-corrected chi connectivity index (χ2v) is 6.04. The van der Waals surface area contributed by atoms with Crippen molar-refractivity contribution >= 4 is 15.9 Å². The second kappa shape index (κ2) is 6.42. The fourth-order valence-electron chi connectivity index (χ4n) is 2.15. The Morgan fingerprint density at radius 2 is 1.60 bits per heavy atom. The van der Waals surface area contributed by atoms with Gasteiger partial charge in [-0.3, -0.25) is 0 Å². The van der Waals surface area contributed by atoms with Crippen LogP contribution in [-0.4, -0.2) is 7.11 Å². The maximum Gasteiger partial charge on any atom is 0.120 e. The minimum absolute atomic E-state index is 0.142. The van der Waals surface area contributed by atoms with E-state index in [1.54, 1.807) is 7.11 Å². The number of benzene rings is 2. The molecule has 106 valence electrons. The SMILES string of the molecule is COc1ccc(C(N)c2ccc(C(C)C)cc2)c(Br)c1. The van der Waals surface area contributed by atoms with Crippen LogP contribution in [0.15, 0.2) is 46.9 Å². The molecule has 0 aliphatic heterocycles. The molecule has 2 N–H and O–H groups in total. The van der Waals surface area contributed by atoms with E-state index in [-0.39, 0.29) is 6.04 Å². The van der Waals surface area contributed by atoms with Gasteiger partial charge in [0.05, 0.1) is 13.2 Å². The quantitative estimate of drug-likeness (QED) is 0.885. The summed E-state index contributed by atoms with van der Waals surface area (Å²) in [7, 11) is 1.66. The highest BCUT2D eigenvalue weighted by molar-refractivity contribution is 9.10. The van der Waals surface area contributed by atoms with Gasteiger partial charge in [0.1, 0.15) is 5.75 Å². The van der Waals surface area contributed by atoms with Gasteiger partial charge in [-0.15, -0.1) is 0 Å². The van der Waals surface area contributed by atoms with E-state index in [4.69, 9.17) is 10.5 Å². The lowest BCUT2D eigenvalue weighted by atomic mass is 9.96. The summed E-state index contributed by atoms with van der Waals surface area (Å²) in [5.74, 6) is 1.36. The van der Waals surface area contributed by atoms with Gasteiger partial charge >= 0.3 is 0 Å². The van der Waals surface area contributed by atoms with Crippen LogP contribution in [0.4, 0.5) is 0 Å². The predicted molar refractivity (Wildman–Crippen MR) is 87.3 cm³/mol. The maximum absolute atomic E-state index is 6.36. The van der Waals surface area contributed by atoms with Crippen LogP contribution in [0.5, 0.6) is 5.75 Å². The van der Waals surface area contributed by atoms with Crippen LogP contribution in [-0.2, 0) is 0 Å².